The number of hydrogen-bond donors (Lipinski definition) is 1. The first-order valence-electron chi connectivity index (χ1n) is 3.63. The number of nitrogens with two attached hydrogens (primary N) is 1. The van der Waals surface area contributed by atoms with Crippen molar-refractivity contribution in [2.45, 2.75) is 6.42 Å². The Labute approximate surface area is 70.3 Å². The van der Waals surface area contributed by atoms with Crippen LogP contribution in [-0.2, 0) is 6.42 Å². The van der Waals surface area contributed by atoms with Crippen molar-refractivity contribution in [1.82, 2.24) is 0 Å². The lowest BCUT2D eigenvalue weighted by Gasteiger charge is -2.01. The SMILES string of the molecule is N#[N+]c1cc(CCN)ccc1[O-]. The van der Waals surface area contributed by atoms with Gasteiger partial charge in [-0.1, -0.05) is 12.1 Å². The standard InChI is InChI=1S/C8H9N3O/c9-4-3-6-1-2-8(12)7(5-6)11-10/h1-2,5H,3-4,9H2. The largest absolute Gasteiger partial charge is 0.867 e. The van der Waals surface area contributed by atoms with Gasteiger partial charge in [-0.25, -0.2) is 0 Å². The summed E-state index contributed by atoms with van der Waals surface area (Å²) >= 11 is 0. The molecule has 0 aliphatic heterocycles. The summed E-state index contributed by atoms with van der Waals surface area (Å²) in [5.41, 5.74) is 6.30. The van der Waals surface area contributed by atoms with Gasteiger partial charge in [0.25, 0.3) is 0 Å². The molecule has 1 rings (SSSR count). The van der Waals surface area contributed by atoms with E-state index in [9.17, 15) is 5.11 Å². The van der Waals surface area contributed by atoms with Gasteiger partial charge in [0.05, 0.1) is 0 Å². The minimum Gasteiger partial charge on any atom is -0.867 e. The third-order valence-electron chi connectivity index (χ3n) is 1.56. The van der Waals surface area contributed by atoms with E-state index in [1.807, 2.05) is 0 Å². The Morgan fingerprint density at radius 3 is 2.83 bits per heavy atom. The van der Waals surface area contributed by atoms with Gasteiger partial charge in [0, 0.05) is 6.07 Å². The Hall–Kier alpha value is -1.60. The van der Waals surface area contributed by atoms with Crippen LogP contribution in [-0.4, -0.2) is 6.54 Å². The minimum absolute atomic E-state index is 0.0703. The van der Waals surface area contributed by atoms with Crippen molar-refractivity contribution in [2.75, 3.05) is 6.54 Å². The van der Waals surface area contributed by atoms with Crippen molar-refractivity contribution in [3.8, 4) is 5.75 Å². The molecule has 2 N–H and O–H groups in total. The molecule has 0 aromatic heterocycles. The molecule has 0 aliphatic carbocycles. The summed E-state index contributed by atoms with van der Waals surface area (Å²) < 4.78 is 0. The van der Waals surface area contributed by atoms with Crippen LogP contribution in [0, 0.1) is 5.39 Å². The first-order chi connectivity index (χ1) is 5.77. The molecule has 0 saturated carbocycles. The molecule has 12 heavy (non-hydrogen) atoms. The van der Waals surface area contributed by atoms with Crippen LogP contribution in [0.4, 0.5) is 5.69 Å². The third-order valence-corrected chi connectivity index (χ3v) is 1.56. The highest BCUT2D eigenvalue weighted by Gasteiger charge is 2.06. The highest BCUT2D eigenvalue weighted by molar-refractivity contribution is 5.56. The lowest BCUT2D eigenvalue weighted by Crippen LogP contribution is -2.02. The second-order valence-corrected chi connectivity index (χ2v) is 2.44. The fourth-order valence-corrected chi connectivity index (χ4v) is 0.963. The van der Waals surface area contributed by atoms with Gasteiger partial charge in [0.15, 0.2) is 4.98 Å². The predicted octanol–water partition coefficient (Wildman–Crippen LogP) is 0.746. The summed E-state index contributed by atoms with van der Waals surface area (Å²) in [6.07, 6.45) is 0.683. The highest BCUT2D eigenvalue weighted by atomic mass is 16.3. The quantitative estimate of drug-likeness (QED) is 0.653. The van der Waals surface area contributed by atoms with Crippen molar-refractivity contribution >= 4 is 5.69 Å². The molecule has 1 aromatic rings. The first kappa shape index (κ1) is 8.50. The van der Waals surface area contributed by atoms with E-state index >= 15 is 0 Å². The van der Waals surface area contributed by atoms with Gasteiger partial charge >= 0.3 is 5.69 Å². The summed E-state index contributed by atoms with van der Waals surface area (Å²) in [6.45, 7) is 0.517. The lowest BCUT2D eigenvalue weighted by molar-refractivity contribution is -0.266. The zero-order valence-electron chi connectivity index (χ0n) is 6.53. The van der Waals surface area contributed by atoms with Crippen LogP contribution in [0.3, 0.4) is 0 Å². The number of benzene rings is 1. The van der Waals surface area contributed by atoms with Crippen molar-refractivity contribution in [1.29, 1.82) is 5.39 Å². The number of diazo groups is 1. The molecule has 0 spiro atoms. The number of nitrogens with zero attached hydrogens (tertiary/aromatic N) is 2. The molecular formula is C8H9N3O. The van der Waals surface area contributed by atoms with Crippen LogP contribution in [0.25, 0.3) is 4.98 Å². The van der Waals surface area contributed by atoms with Crippen LogP contribution < -0.4 is 10.8 Å². The molecular weight excluding hydrogens is 154 g/mol. The smallest absolute Gasteiger partial charge is 0.377 e. The van der Waals surface area contributed by atoms with Gasteiger partial charge in [-0.3, -0.25) is 0 Å². The fourth-order valence-electron chi connectivity index (χ4n) is 0.963. The van der Waals surface area contributed by atoms with Crippen molar-refractivity contribution in [2.24, 2.45) is 5.73 Å². The zero-order valence-corrected chi connectivity index (χ0v) is 6.53. The molecule has 62 valence electrons. The van der Waals surface area contributed by atoms with Gasteiger partial charge in [-0.05, 0) is 24.3 Å². The van der Waals surface area contributed by atoms with Crippen molar-refractivity contribution in [3.05, 3.63) is 28.7 Å². The van der Waals surface area contributed by atoms with E-state index in [0.29, 0.717) is 13.0 Å². The predicted molar refractivity (Wildman–Crippen MR) is 43.4 cm³/mol. The van der Waals surface area contributed by atoms with Crippen LogP contribution in [0.15, 0.2) is 18.2 Å². The Morgan fingerprint density at radius 2 is 2.25 bits per heavy atom. The Bertz CT molecular complexity index is 317. The Kier molecular flexibility index (Phi) is 2.62. The average Bonchev–Trinajstić information content (AvgIpc) is 2.09. The van der Waals surface area contributed by atoms with E-state index in [1.165, 1.54) is 12.1 Å². The maximum atomic E-state index is 10.9. The summed E-state index contributed by atoms with van der Waals surface area (Å²) in [4.78, 5) is 2.86. The van der Waals surface area contributed by atoms with Gasteiger partial charge in [-0.2, -0.15) is 0 Å². The molecule has 0 bridgehead atoms. The Morgan fingerprint density at radius 1 is 1.50 bits per heavy atom. The molecule has 0 radical (unpaired) electrons. The van der Waals surface area contributed by atoms with E-state index in [1.54, 1.807) is 6.07 Å². The highest BCUT2D eigenvalue weighted by Crippen LogP contribution is 2.24. The molecule has 0 fully saturated rings. The molecule has 4 heteroatoms. The van der Waals surface area contributed by atoms with E-state index in [0.717, 1.165) is 5.56 Å². The van der Waals surface area contributed by atoms with Gasteiger partial charge < -0.3 is 10.8 Å². The van der Waals surface area contributed by atoms with Gasteiger partial charge in [0.1, 0.15) is 0 Å². The fraction of sp³-hybridized carbons (Fsp3) is 0.250. The second-order valence-electron chi connectivity index (χ2n) is 2.44. The Balaban J connectivity index is 2.99. The first-order valence-corrected chi connectivity index (χ1v) is 3.63. The molecule has 0 heterocycles. The molecule has 1 aromatic carbocycles. The molecule has 0 unspecified atom stereocenters. The van der Waals surface area contributed by atoms with Crippen LogP contribution >= 0.6 is 0 Å². The van der Waals surface area contributed by atoms with Crippen LogP contribution in [0.2, 0.25) is 0 Å². The monoisotopic (exact) mass is 163 g/mol. The van der Waals surface area contributed by atoms with E-state index in [2.05, 4.69) is 4.98 Å². The molecule has 4 nitrogen and oxygen atoms in total. The number of rotatable bonds is 2. The summed E-state index contributed by atoms with van der Waals surface area (Å²) in [5.74, 6) is -0.279. The van der Waals surface area contributed by atoms with E-state index < -0.39 is 0 Å². The number of hydrogen-bond acceptors (Lipinski definition) is 3. The summed E-state index contributed by atoms with van der Waals surface area (Å²) in [7, 11) is 0. The molecule has 0 amide bonds. The zero-order chi connectivity index (χ0) is 8.97. The molecule has 0 aliphatic rings. The van der Waals surface area contributed by atoms with Crippen molar-refractivity contribution < 1.29 is 5.11 Å². The topological polar surface area (TPSA) is 77.2 Å². The average molecular weight is 163 g/mol. The normalized spacial score (nSPS) is 9.33. The maximum absolute atomic E-state index is 10.9. The summed E-state index contributed by atoms with van der Waals surface area (Å²) in [6, 6.07) is 4.60. The second kappa shape index (κ2) is 3.69. The van der Waals surface area contributed by atoms with Crippen molar-refractivity contribution in [3.63, 3.8) is 0 Å². The van der Waals surface area contributed by atoms with E-state index in [4.69, 9.17) is 11.1 Å². The van der Waals surface area contributed by atoms with Crippen LogP contribution in [0.5, 0.6) is 5.75 Å². The maximum Gasteiger partial charge on any atom is 0.377 e. The minimum atomic E-state index is -0.279. The van der Waals surface area contributed by atoms with Gasteiger partial charge in [0.2, 0.25) is 5.39 Å². The molecule has 0 atom stereocenters. The van der Waals surface area contributed by atoms with Gasteiger partial charge in [-0.15, -0.1) is 0 Å². The summed E-state index contributed by atoms with van der Waals surface area (Å²) in [5, 5.41) is 19.3. The molecule has 0 saturated heterocycles. The third kappa shape index (κ3) is 1.71. The lowest BCUT2D eigenvalue weighted by atomic mass is 10.1. The van der Waals surface area contributed by atoms with Crippen LogP contribution in [0.1, 0.15) is 5.56 Å². The van der Waals surface area contributed by atoms with E-state index in [-0.39, 0.29) is 11.4 Å².